The molecule has 0 aromatic carbocycles. The summed E-state index contributed by atoms with van der Waals surface area (Å²) < 4.78 is 0. The monoisotopic (exact) mass is 221 g/mol. The standard InChI is InChI=1S/C11H15N3O2/c1-2-6-14(7-8-15)11-9(10(12)16)4-3-5-13-11/h2-5,15H,1,6-8H2,(H2,12,16). The number of aliphatic hydroxyl groups is 1. The zero-order valence-corrected chi connectivity index (χ0v) is 8.97. The summed E-state index contributed by atoms with van der Waals surface area (Å²) in [6.45, 7) is 4.47. The van der Waals surface area contributed by atoms with E-state index >= 15 is 0 Å². The maximum atomic E-state index is 11.2. The highest BCUT2D eigenvalue weighted by Crippen LogP contribution is 2.16. The van der Waals surface area contributed by atoms with Gasteiger partial charge < -0.3 is 15.7 Å². The minimum atomic E-state index is -0.532. The van der Waals surface area contributed by atoms with E-state index in [1.165, 1.54) is 0 Å². The van der Waals surface area contributed by atoms with Crippen LogP contribution in [0.4, 0.5) is 5.82 Å². The summed E-state index contributed by atoms with van der Waals surface area (Å²) >= 11 is 0. The van der Waals surface area contributed by atoms with Crippen molar-refractivity contribution in [3.8, 4) is 0 Å². The Morgan fingerprint density at radius 2 is 2.44 bits per heavy atom. The lowest BCUT2D eigenvalue weighted by Crippen LogP contribution is -2.30. The molecule has 0 atom stereocenters. The van der Waals surface area contributed by atoms with Crippen molar-refractivity contribution < 1.29 is 9.90 Å². The molecule has 1 aromatic heterocycles. The number of pyridine rings is 1. The van der Waals surface area contributed by atoms with Crippen LogP contribution in [0.5, 0.6) is 0 Å². The zero-order chi connectivity index (χ0) is 12.0. The van der Waals surface area contributed by atoms with E-state index in [0.29, 0.717) is 24.5 Å². The number of rotatable bonds is 6. The van der Waals surface area contributed by atoms with Gasteiger partial charge >= 0.3 is 0 Å². The van der Waals surface area contributed by atoms with E-state index in [2.05, 4.69) is 11.6 Å². The number of hydrogen-bond donors (Lipinski definition) is 2. The average molecular weight is 221 g/mol. The van der Waals surface area contributed by atoms with Gasteiger partial charge in [-0.2, -0.15) is 0 Å². The van der Waals surface area contributed by atoms with Gasteiger partial charge in [0.25, 0.3) is 5.91 Å². The first-order chi connectivity index (χ1) is 7.70. The molecular formula is C11H15N3O2. The molecule has 0 bridgehead atoms. The second-order valence-electron chi connectivity index (χ2n) is 3.20. The number of carbonyl (C=O) groups excluding carboxylic acids is 1. The number of hydrogen-bond acceptors (Lipinski definition) is 4. The number of amides is 1. The van der Waals surface area contributed by atoms with E-state index < -0.39 is 5.91 Å². The average Bonchev–Trinajstić information content (AvgIpc) is 2.29. The fraction of sp³-hybridized carbons (Fsp3) is 0.273. The van der Waals surface area contributed by atoms with E-state index in [4.69, 9.17) is 10.8 Å². The van der Waals surface area contributed by atoms with Gasteiger partial charge in [0, 0.05) is 19.3 Å². The Hall–Kier alpha value is -1.88. The molecule has 0 saturated heterocycles. The fourth-order valence-corrected chi connectivity index (χ4v) is 1.40. The zero-order valence-electron chi connectivity index (χ0n) is 8.97. The molecule has 0 aliphatic carbocycles. The lowest BCUT2D eigenvalue weighted by Gasteiger charge is -2.22. The van der Waals surface area contributed by atoms with E-state index in [1.807, 2.05) is 0 Å². The highest BCUT2D eigenvalue weighted by atomic mass is 16.3. The summed E-state index contributed by atoms with van der Waals surface area (Å²) in [5.74, 6) is -0.0564. The third-order valence-corrected chi connectivity index (χ3v) is 2.07. The largest absolute Gasteiger partial charge is 0.395 e. The predicted molar refractivity (Wildman–Crippen MR) is 62.3 cm³/mol. The summed E-state index contributed by atoms with van der Waals surface area (Å²) in [6.07, 6.45) is 3.25. The van der Waals surface area contributed by atoms with Gasteiger partial charge in [-0.15, -0.1) is 6.58 Å². The van der Waals surface area contributed by atoms with E-state index in [-0.39, 0.29) is 6.61 Å². The normalized spacial score (nSPS) is 9.81. The van der Waals surface area contributed by atoms with Crippen molar-refractivity contribution in [2.24, 2.45) is 5.73 Å². The molecule has 1 heterocycles. The quantitative estimate of drug-likeness (QED) is 0.671. The van der Waals surface area contributed by atoms with Crippen LogP contribution in [-0.2, 0) is 0 Å². The number of nitrogens with zero attached hydrogens (tertiary/aromatic N) is 2. The van der Waals surface area contributed by atoms with Gasteiger partial charge in [-0.25, -0.2) is 4.98 Å². The molecule has 0 unspecified atom stereocenters. The third-order valence-electron chi connectivity index (χ3n) is 2.07. The lowest BCUT2D eigenvalue weighted by molar-refractivity contribution is 0.100. The number of carbonyl (C=O) groups is 1. The number of primary amides is 1. The van der Waals surface area contributed by atoms with Crippen LogP contribution < -0.4 is 10.6 Å². The van der Waals surface area contributed by atoms with Gasteiger partial charge in [-0.1, -0.05) is 6.08 Å². The van der Waals surface area contributed by atoms with Crippen molar-refractivity contribution in [3.63, 3.8) is 0 Å². The second-order valence-corrected chi connectivity index (χ2v) is 3.20. The highest BCUT2D eigenvalue weighted by Gasteiger charge is 2.14. The molecule has 16 heavy (non-hydrogen) atoms. The Bertz CT molecular complexity index is 379. The van der Waals surface area contributed by atoms with Crippen molar-refractivity contribution in [1.29, 1.82) is 0 Å². The van der Waals surface area contributed by atoms with Crippen LogP contribution >= 0.6 is 0 Å². The molecule has 0 fully saturated rings. The molecule has 1 rings (SSSR count). The minimum absolute atomic E-state index is 0.0252. The summed E-state index contributed by atoms with van der Waals surface area (Å²) in [5, 5.41) is 8.93. The number of nitrogens with two attached hydrogens (primary N) is 1. The maximum Gasteiger partial charge on any atom is 0.252 e. The van der Waals surface area contributed by atoms with Crippen molar-refractivity contribution >= 4 is 11.7 Å². The lowest BCUT2D eigenvalue weighted by atomic mass is 10.2. The van der Waals surface area contributed by atoms with Crippen molar-refractivity contribution in [2.45, 2.75) is 0 Å². The molecule has 86 valence electrons. The van der Waals surface area contributed by atoms with Crippen LogP contribution in [0.25, 0.3) is 0 Å². The smallest absolute Gasteiger partial charge is 0.252 e. The van der Waals surface area contributed by atoms with Crippen LogP contribution in [-0.4, -0.2) is 35.7 Å². The predicted octanol–water partition coefficient (Wildman–Crippen LogP) is 0.165. The number of aliphatic hydroxyl groups excluding tert-OH is 1. The molecule has 0 saturated carbocycles. The first kappa shape index (κ1) is 12.2. The SMILES string of the molecule is C=CCN(CCO)c1ncccc1C(N)=O. The molecule has 0 aliphatic heterocycles. The van der Waals surface area contributed by atoms with Gasteiger partial charge in [0.05, 0.1) is 12.2 Å². The Kier molecular flexibility index (Phi) is 4.47. The number of aromatic nitrogens is 1. The fourth-order valence-electron chi connectivity index (χ4n) is 1.40. The first-order valence-corrected chi connectivity index (χ1v) is 4.92. The minimum Gasteiger partial charge on any atom is -0.395 e. The van der Waals surface area contributed by atoms with E-state index in [0.717, 1.165) is 0 Å². The Balaban J connectivity index is 3.06. The highest BCUT2D eigenvalue weighted by molar-refractivity contribution is 5.97. The molecular weight excluding hydrogens is 206 g/mol. The summed E-state index contributed by atoms with van der Waals surface area (Å²) in [6, 6.07) is 3.26. The van der Waals surface area contributed by atoms with Gasteiger partial charge in [-0.05, 0) is 12.1 Å². The van der Waals surface area contributed by atoms with Crippen molar-refractivity contribution in [2.75, 3.05) is 24.6 Å². The molecule has 3 N–H and O–H groups in total. The summed E-state index contributed by atoms with van der Waals surface area (Å²) in [5.41, 5.74) is 5.60. The van der Waals surface area contributed by atoms with Gasteiger partial charge in [0.15, 0.2) is 0 Å². The molecule has 0 radical (unpaired) electrons. The van der Waals surface area contributed by atoms with Crippen LogP contribution in [0.1, 0.15) is 10.4 Å². The second kappa shape index (κ2) is 5.87. The maximum absolute atomic E-state index is 11.2. The molecule has 5 nitrogen and oxygen atoms in total. The Labute approximate surface area is 94.2 Å². The van der Waals surface area contributed by atoms with Crippen molar-refractivity contribution in [1.82, 2.24) is 4.98 Å². The third kappa shape index (κ3) is 2.80. The first-order valence-electron chi connectivity index (χ1n) is 4.92. The molecule has 1 aromatic rings. The van der Waals surface area contributed by atoms with Crippen LogP contribution in [0.2, 0.25) is 0 Å². The van der Waals surface area contributed by atoms with E-state index in [9.17, 15) is 4.79 Å². The van der Waals surface area contributed by atoms with Crippen LogP contribution in [0.15, 0.2) is 31.0 Å². The van der Waals surface area contributed by atoms with Gasteiger partial charge in [0.1, 0.15) is 5.82 Å². The molecule has 5 heteroatoms. The van der Waals surface area contributed by atoms with Gasteiger partial charge in [-0.3, -0.25) is 4.79 Å². The summed E-state index contributed by atoms with van der Waals surface area (Å²) in [4.78, 5) is 17.0. The molecule has 0 aliphatic rings. The molecule has 0 spiro atoms. The topological polar surface area (TPSA) is 79.4 Å². The Morgan fingerprint density at radius 1 is 1.69 bits per heavy atom. The van der Waals surface area contributed by atoms with Gasteiger partial charge in [0.2, 0.25) is 0 Å². The number of anilines is 1. The van der Waals surface area contributed by atoms with E-state index in [1.54, 1.807) is 29.3 Å². The van der Waals surface area contributed by atoms with Crippen molar-refractivity contribution in [3.05, 3.63) is 36.5 Å². The van der Waals surface area contributed by atoms with Crippen LogP contribution in [0.3, 0.4) is 0 Å². The molecule has 1 amide bonds. The Morgan fingerprint density at radius 3 is 3.00 bits per heavy atom. The summed E-state index contributed by atoms with van der Waals surface area (Å²) in [7, 11) is 0. The van der Waals surface area contributed by atoms with Crippen LogP contribution in [0, 0.1) is 0 Å².